The monoisotopic (exact) mass is 389 g/mol. The van der Waals surface area contributed by atoms with Crippen LogP contribution in [-0.4, -0.2) is 49.9 Å². The third kappa shape index (κ3) is 5.92. The van der Waals surface area contributed by atoms with Gasteiger partial charge < -0.3 is 19.7 Å². The van der Waals surface area contributed by atoms with E-state index in [1.807, 2.05) is 18.3 Å². The third-order valence-corrected chi connectivity index (χ3v) is 6.02. The molecule has 1 aromatic heterocycles. The largest absolute Gasteiger partial charge is 0.378 e. The molecule has 1 saturated heterocycles. The second-order valence-corrected chi connectivity index (χ2v) is 8.58. The first kappa shape index (κ1) is 21.1. The van der Waals surface area contributed by atoms with E-state index in [0.29, 0.717) is 24.3 Å². The maximum absolute atomic E-state index is 12.3. The summed E-state index contributed by atoms with van der Waals surface area (Å²) in [6.45, 7) is 10.6. The van der Waals surface area contributed by atoms with Crippen LogP contribution in [0.25, 0.3) is 0 Å². The standard InChI is InChI=1S/C22H35N3O3/c1-16(2)19-6-4-17(3)12-20(19)28-15-22(26)24-14-18-5-7-21(23-13-18)25-8-10-27-11-9-25/h5,7,13,16-17,19-20H,4,6,8-12,14-15H2,1-3H3,(H,24,26)/t17-,19-,20-/m1/s1. The molecule has 1 N–H and O–H groups in total. The molecule has 6 nitrogen and oxygen atoms in total. The second-order valence-electron chi connectivity index (χ2n) is 8.58. The van der Waals surface area contributed by atoms with Gasteiger partial charge in [-0.2, -0.15) is 0 Å². The van der Waals surface area contributed by atoms with Crippen molar-refractivity contribution in [1.29, 1.82) is 0 Å². The Morgan fingerprint density at radius 3 is 2.79 bits per heavy atom. The molecular formula is C22H35N3O3. The van der Waals surface area contributed by atoms with Crippen LogP contribution >= 0.6 is 0 Å². The quantitative estimate of drug-likeness (QED) is 0.777. The van der Waals surface area contributed by atoms with E-state index in [1.165, 1.54) is 12.8 Å². The number of nitrogens with zero attached hydrogens (tertiary/aromatic N) is 2. The summed E-state index contributed by atoms with van der Waals surface area (Å²) in [5.74, 6) is 2.74. The van der Waals surface area contributed by atoms with Gasteiger partial charge in [0.1, 0.15) is 12.4 Å². The summed E-state index contributed by atoms with van der Waals surface area (Å²) in [5, 5.41) is 2.96. The lowest BCUT2D eigenvalue weighted by Gasteiger charge is -2.37. The van der Waals surface area contributed by atoms with Crippen molar-refractivity contribution in [1.82, 2.24) is 10.3 Å². The molecule has 2 heterocycles. The lowest BCUT2D eigenvalue weighted by Crippen LogP contribution is -2.37. The van der Waals surface area contributed by atoms with Crippen LogP contribution in [0.15, 0.2) is 18.3 Å². The summed E-state index contributed by atoms with van der Waals surface area (Å²) in [6.07, 6.45) is 5.56. The first-order valence-electron chi connectivity index (χ1n) is 10.7. The topological polar surface area (TPSA) is 63.7 Å². The van der Waals surface area contributed by atoms with Gasteiger partial charge in [0.05, 0.1) is 19.3 Å². The van der Waals surface area contributed by atoms with Crippen LogP contribution in [0.5, 0.6) is 0 Å². The molecule has 0 radical (unpaired) electrons. The van der Waals surface area contributed by atoms with Crippen molar-refractivity contribution in [3.63, 3.8) is 0 Å². The van der Waals surface area contributed by atoms with Gasteiger partial charge in [-0.1, -0.05) is 33.3 Å². The molecule has 2 aliphatic rings. The highest BCUT2D eigenvalue weighted by Crippen LogP contribution is 2.35. The Balaban J connectivity index is 1.42. The van der Waals surface area contributed by atoms with E-state index >= 15 is 0 Å². The number of pyridine rings is 1. The number of aromatic nitrogens is 1. The average molecular weight is 390 g/mol. The summed E-state index contributed by atoms with van der Waals surface area (Å²) in [4.78, 5) is 19.0. The molecule has 1 aromatic rings. The molecule has 1 saturated carbocycles. The first-order valence-corrected chi connectivity index (χ1v) is 10.7. The molecule has 1 aliphatic heterocycles. The van der Waals surface area contributed by atoms with Gasteiger partial charge in [-0.3, -0.25) is 4.79 Å². The minimum Gasteiger partial charge on any atom is -0.378 e. The summed E-state index contributed by atoms with van der Waals surface area (Å²) >= 11 is 0. The second kappa shape index (κ2) is 10.2. The Hall–Kier alpha value is -1.66. The minimum atomic E-state index is -0.0574. The highest BCUT2D eigenvalue weighted by atomic mass is 16.5. The molecule has 1 amide bonds. The number of carbonyl (C=O) groups is 1. The predicted molar refractivity (Wildman–Crippen MR) is 110 cm³/mol. The fourth-order valence-corrected chi connectivity index (χ4v) is 4.24. The summed E-state index contributed by atoms with van der Waals surface area (Å²) in [6, 6.07) is 4.04. The molecular weight excluding hydrogens is 354 g/mol. The number of rotatable bonds is 7. The number of ether oxygens (including phenoxy) is 2. The molecule has 0 unspecified atom stereocenters. The maximum Gasteiger partial charge on any atom is 0.246 e. The van der Waals surface area contributed by atoms with E-state index in [-0.39, 0.29) is 18.6 Å². The van der Waals surface area contributed by atoms with Crippen molar-refractivity contribution in [2.75, 3.05) is 37.8 Å². The zero-order valence-electron chi connectivity index (χ0n) is 17.5. The zero-order valence-corrected chi connectivity index (χ0v) is 17.5. The zero-order chi connectivity index (χ0) is 19.9. The van der Waals surface area contributed by atoms with Crippen LogP contribution in [0.1, 0.15) is 45.6 Å². The van der Waals surface area contributed by atoms with Crippen LogP contribution in [0.3, 0.4) is 0 Å². The van der Waals surface area contributed by atoms with E-state index in [1.54, 1.807) is 0 Å². The van der Waals surface area contributed by atoms with Crippen molar-refractivity contribution in [3.8, 4) is 0 Å². The fraction of sp³-hybridized carbons (Fsp3) is 0.727. The Kier molecular flexibility index (Phi) is 7.68. The molecule has 1 aliphatic carbocycles. The molecule has 28 heavy (non-hydrogen) atoms. The van der Waals surface area contributed by atoms with E-state index in [4.69, 9.17) is 9.47 Å². The molecule has 0 bridgehead atoms. The molecule has 156 valence electrons. The van der Waals surface area contributed by atoms with E-state index in [0.717, 1.165) is 44.1 Å². The van der Waals surface area contributed by atoms with Gasteiger partial charge in [-0.05, 0) is 42.2 Å². The van der Waals surface area contributed by atoms with Crippen molar-refractivity contribution < 1.29 is 14.3 Å². The molecule has 0 spiro atoms. The smallest absolute Gasteiger partial charge is 0.246 e. The molecule has 2 fully saturated rings. The normalized spacial score (nSPS) is 25.7. The van der Waals surface area contributed by atoms with Crippen LogP contribution in [0.2, 0.25) is 0 Å². The molecule has 3 atom stereocenters. The third-order valence-electron chi connectivity index (χ3n) is 6.02. The number of anilines is 1. The SMILES string of the molecule is CC(C)[C@H]1CC[C@@H](C)C[C@H]1OCC(=O)NCc1ccc(N2CCOCC2)nc1. The highest BCUT2D eigenvalue weighted by molar-refractivity contribution is 5.77. The van der Waals surface area contributed by atoms with E-state index < -0.39 is 0 Å². The van der Waals surface area contributed by atoms with Gasteiger partial charge in [-0.15, -0.1) is 0 Å². The van der Waals surface area contributed by atoms with Crippen molar-refractivity contribution >= 4 is 11.7 Å². The van der Waals surface area contributed by atoms with Crippen LogP contribution in [0, 0.1) is 17.8 Å². The fourth-order valence-electron chi connectivity index (χ4n) is 4.24. The lowest BCUT2D eigenvalue weighted by atomic mass is 9.75. The summed E-state index contributed by atoms with van der Waals surface area (Å²) < 4.78 is 11.4. The van der Waals surface area contributed by atoms with Crippen molar-refractivity contribution in [2.24, 2.45) is 17.8 Å². The Labute approximate surface area is 169 Å². The Bertz CT molecular complexity index is 614. The average Bonchev–Trinajstić information content (AvgIpc) is 2.71. The van der Waals surface area contributed by atoms with Gasteiger partial charge >= 0.3 is 0 Å². The van der Waals surface area contributed by atoms with Gasteiger partial charge in [0, 0.05) is 25.8 Å². The van der Waals surface area contributed by atoms with Crippen molar-refractivity contribution in [3.05, 3.63) is 23.9 Å². The van der Waals surface area contributed by atoms with Crippen LogP contribution in [-0.2, 0) is 20.8 Å². The number of amides is 1. The van der Waals surface area contributed by atoms with Crippen LogP contribution in [0.4, 0.5) is 5.82 Å². The van der Waals surface area contributed by atoms with Gasteiger partial charge in [-0.25, -0.2) is 4.98 Å². The van der Waals surface area contributed by atoms with Gasteiger partial charge in [0.2, 0.25) is 5.91 Å². The number of carbonyl (C=O) groups excluding carboxylic acids is 1. The maximum atomic E-state index is 12.3. The van der Waals surface area contributed by atoms with Gasteiger partial charge in [0.25, 0.3) is 0 Å². The highest BCUT2D eigenvalue weighted by Gasteiger charge is 2.31. The Morgan fingerprint density at radius 1 is 1.32 bits per heavy atom. The van der Waals surface area contributed by atoms with Gasteiger partial charge in [0.15, 0.2) is 0 Å². The first-order chi connectivity index (χ1) is 13.5. The van der Waals surface area contributed by atoms with Crippen molar-refractivity contribution in [2.45, 2.75) is 52.7 Å². The lowest BCUT2D eigenvalue weighted by molar-refractivity contribution is -0.131. The molecule has 0 aromatic carbocycles. The van der Waals surface area contributed by atoms with Crippen LogP contribution < -0.4 is 10.2 Å². The summed E-state index contributed by atoms with van der Waals surface area (Å²) in [5.41, 5.74) is 0.997. The number of hydrogen-bond acceptors (Lipinski definition) is 5. The molecule has 6 heteroatoms. The number of morpholine rings is 1. The minimum absolute atomic E-state index is 0.0574. The number of hydrogen-bond donors (Lipinski definition) is 1. The molecule has 3 rings (SSSR count). The number of nitrogens with one attached hydrogen (secondary N) is 1. The van der Waals surface area contributed by atoms with E-state index in [9.17, 15) is 4.79 Å². The van der Waals surface area contributed by atoms with E-state index in [2.05, 4.69) is 36.0 Å². The predicted octanol–water partition coefficient (Wildman–Crippen LogP) is 3.01. The summed E-state index contributed by atoms with van der Waals surface area (Å²) in [7, 11) is 0. The Morgan fingerprint density at radius 2 is 2.11 bits per heavy atom.